The lowest BCUT2D eigenvalue weighted by molar-refractivity contribution is 0.0531. The highest BCUT2D eigenvalue weighted by atomic mass is 79.9. The van der Waals surface area contributed by atoms with Crippen molar-refractivity contribution < 1.29 is 9.53 Å². The van der Waals surface area contributed by atoms with Crippen LogP contribution in [-0.4, -0.2) is 17.9 Å². The first-order chi connectivity index (χ1) is 6.65. The summed E-state index contributed by atoms with van der Waals surface area (Å²) in [7, 11) is 0. The molecule has 0 fully saturated rings. The highest BCUT2D eigenvalue weighted by Crippen LogP contribution is 2.22. The Labute approximate surface area is 100 Å². The molecular formula is C9H7BrCl2O2. The predicted octanol–water partition coefficient (Wildman–Crippen LogP) is 3.55. The van der Waals surface area contributed by atoms with Gasteiger partial charge < -0.3 is 4.74 Å². The van der Waals surface area contributed by atoms with E-state index in [0.29, 0.717) is 27.5 Å². The van der Waals surface area contributed by atoms with Gasteiger partial charge in [-0.15, -0.1) is 0 Å². The van der Waals surface area contributed by atoms with Crippen molar-refractivity contribution in [1.82, 2.24) is 0 Å². The van der Waals surface area contributed by atoms with Gasteiger partial charge in [0.25, 0.3) is 0 Å². The lowest BCUT2D eigenvalue weighted by Gasteiger charge is -2.03. The summed E-state index contributed by atoms with van der Waals surface area (Å²) in [6.07, 6.45) is 0. The van der Waals surface area contributed by atoms with Crippen molar-refractivity contribution in [3.63, 3.8) is 0 Å². The summed E-state index contributed by atoms with van der Waals surface area (Å²) in [6, 6.07) is 4.62. The fourth-order valence-electron chi connectivity index (χ4n) is 0.838. The Morgan fingerprint density at radius 3 is 2.64 bits per heavy atom. The topological polar surface area (TPSA) is 26.3 Å². The number of benzene rings is 1. The number of carbonyl (C=O) groups excluding carboxylic acids is 1. The van der Waals surface area contributed by atoms with Crippen molar-refractivity contribution in [3.05, 3.63) is 33.8 Å². The summed E-state index contributed by atoms with van der Waals surface area (Å²) < 4.78 is 4.88. The van der Waals surface area contributed by atoms with Crippen molar-refractivity contribution in [3.8, 4) is 0 Å². The van der Waals surface area contributed by atoms with Crippen molar-refractivity contribution in [2.24, 2.45) is 0 Å². The summed E-state index contributed by atoms with van der Waals surface area (Å²) in [5.41, 5.74) is 0.403. The van der Waals surface area contributed by atoms with E-state index in [1.807, 2.05) is 0 Å². The Morgan fingerprint density at radius 1 is 1.36 bits per heavy atom. The molecule has 0 radical (unpaired) electrons. The quantitative estimate of drug-likeness (QED) is 0.630. The Kier molecular flexibility index (Phi) is 4.72. The minimum atomic E-state index is -0.400. The predicted molar refractivity (Wildman–Crippen MR) is 60.5 cm³/mol. The van der Waals surface area contributed by atoms with E-state index in [-0.39, 0.29) is 0 Å². The first-order valence-corrected chi connectivity index (χ1v) is 5.71. The van der Waals surface area contributed by atoms with Crippen LogP contribution >= 0.6 is 39.1 Å². The second-order valence-electron chi connectivity index (χ2n) is 2.45. The second kappa shape index (κ2) is 5.59. The summed E-state index contributed by atoms with van der Waals surface area (Å²) in [4.78, 5) is 11.3. The molecule has 0 saturated heterocycles. The average molecular weight is 298 g/mol. The fourth-order valence-corrected chi connectivity index (χ4v) is 1.30. The number of alkyl halides is 1. The van der Waals surface area contributed by atoms with Crippen LogP contribution in [0.2, 0.25) is 10.0 Å². The minimum absolute atomic E-state index is 0.332. The molecule has 76 valence electrons. The van der Waals surface area contributed by atoms with Gasteiger partial charge in [0.15, 0.2) is 0 Å². The number of carbonyl (C=O) groups is 1. The van der Waals surface area contributed by atoms with Gasteiger partial charge in [-0.25, -0.2) is 4.79 Å². The van der Waals surface area contributed by atoms with E-state index >= 15 is 0 Å². The third kappa shape index (κ3) is 3.15. The Bertz CT molecular complexity index is 342. The van der Waals surface area contributed by atoms with E-state index in [1.54, 1.807) is 12.1 Å². The molecule has 0 aliphatic rings. The molecule has 2 nitrogen and oxygen atoms in total. The van der Waals surface area contributed by atoms with Gasteiger partial charge in [0.2, 0.25) is 0 Å². The van der Waals surface area contributed by atoms with Gasteiger partial charge >= 0.3 is 5.97 Å². The van der Waals surface area contributed by atoms with Crippen LogP contribution in [0.1, 0.15) is 10.4 Å². The number of rotatable bonds is 3. The Hall–Kier alpha value is -0.250. The van der Waals surface area contributed by atoms with Crippen LogP contribution in [0.3, 0.4) is 0 Å². The number of hydrogen-bond acceptors (Lipinski definition) is 2. The molecule has 0 atom stereocenters. The molecular weight excluding hydrogens is 291 g/mol. The molecule has 0 aliphatic heterocycles. The van der Waals surface area contributed by atoms with Crippen LogP contribution in [-0.2, 0) is 4.74 Å². The Morgan fingerprint density at radius 2 is 2.07 bits per heavy atom. The molecule has 0 amide bonds. The zero-order valence-corrected chi connectivity index (χ0v) is 10.2. The molecule has 1 aromatic rings. The van der Waals surface area contributed by atoms with Gasteiger partial charge in [0.1, 0.15) is 6.61 Å². The molecule has 1 aromatic carbocycles. The van der Waals surface area contributed by atoms with Crippen LogP contribution in [0.25, 0.3) is 0 Å². The maximum absolute atomic E-state index is 11.3. The van der Waals surface area contributed by atoms with E-state index in [4.69, 9.17) is 27.9 Å². The molecule has 1 rings (SSSR count). The lowest BCUT2D eigenvalue weighted by Crippen LogP contribution is -2.06. The van der Waals surface area contributed by atoms with Gasteiger partial charge in [-0.3, -0.25) is 0 Å². The molecule has 0 aromatic heterocycles. The number of esters is 1. The zero-order chi connectivity index (χ0) is 10.6. The molecule has 14 heavy (non-hydrogen) atoms. The first-order valence-electron chi connectivity index (χ1n) is 3.83. The van der Waals surface area contributed by atoms with Gasteiger partial charge in [-0.05, 0) is 18.2 Å². The van der Waals surface area contributed by atoms with Crippen LogP contribution in [0.5, 0.6) is 0 Å². The average Bonchev–Trinajstić information content (AvgIpc) is 2.18. The van der Waals surface area contributed by atoms with Gasteiger partial charge in [0.05, 0.1) is 15.6 Å². The highest BCUT2D eigenvalue weighted by molar-refractivity contribution is 9.09. The molecule has 0 N–H and O–H groups in total. The van der Waals surface area contributed by atoms with E-state index in [0.717, 1.165) is 0 Å². The monoisotopic (exact) mass is 296 g/mol. The molecule has 0 heterocycles. The van der Waals surface area contributed by atoms with Gasteiger partial charge in [-0.2, -0.15) is 0 Å². The summed E-state index contributed by atoms with van der Waals surface area (Å²) in [6.45, 7) is 0.332. The van der Waals surface area contributed by atoms with E-state index in [9.17, 15) is 4.79 Å². The third-order valence-electron chi connectivity index (χ3n) is 1.47. The number of hydrogen-bond donors (Lipinski definition) is 0. The molecule has 0 aliphatic carbocycles. The van der Waals surface area contributed by atoms with Crippen molar-refractivity contribution >= 4 is 45.1 Å². The van der Waals surface area contributed by atoms with Gasteiger partial charge in [-0.1, -0.05) is 39.1 Å². The van der Waals surface area contributed by atoms with Crippen LogP contribution in [0, 0.1) is 0 Å². The van der Waals surface area contributed by atoms with Crippen LogP contribution < -0.4 is 0 Å². The number of halogens is 3. The van der Waals surface area contributed by atoms with E-state index in [2.05, 4.69) is 15.9 Å². The van der Waals surface area contributed by atoms with E-state index < -0.39 is 5.97 Å². The largest absolute Gasteiger partial charge is 0.461 e. The van der Waals surface area contributed by atoms with E-state index in [1.165, 1.54) is 6.07 Å². The molecule has 0 bridgehead atoms. The second-order valence-corrected chi connectivity index (χ2v) is 4.06. The standard InChI is InChI=1S/C9H7BrCl2O2/c10-3-4-14-9(13)6-1-2-7(11)8(12)5-6/h1-2,5H,3-4H2. The summed E-state index contributed by atoms with van der Waals surface area (Å²) >= 11 is 14.6. The molecule has 0 spiro atoms. The number of ether oxygens (including phenoxy) is 1. The molecule has 0 saturated carbocycles. The first kappa shape index (κ1) is 11.8. The summed E-state index contributed by atoms with van der Waals surface area (Å²) in [5, 5.41) is 1.38. The normalized spacial score (nSPS) is 9.93. The molecule has 5 heteroatoms. The third-order valence-corrected chi connectivity index (χ3v) is 2.53. The Balaban J connectivity index is 2.76. The maximum Gasteiger partial charge on any atom is 0.338 e. The van der Waals surface area contributed by atoms with Crippen LogP contribution in [0.15, 0.2) is 18.2 Å². The van der Waals surface area contributed by atoms with Crippen molar-refractivity contribution in [2.45, 2.75) is 0 Å². The maximum atomic E-state index is 11.3. The lowest BCUT2D eigenvalue weighted by atomic mass is 10.2. The zero-order valence-electron chi connectivity index (χ0n) is 7.10. The summed E-state index contributed by atoms with van der Waals surface area (Å²) in [5.74, 6) is -0.400. The SMILES string of the molecule is O=C(OCCBr)c1ccc(Cl)c(Cl)c1. The van der Waals surface area contributed by atoms with Gasteiger partial charge in [0, 0.05) is 5.33 Å². The molecule has 0 unspecified atom stereocenters. The van der Waals surface area contributed by atoms with Crippen LogP contribution in [0.4, 0.5) is 0 Å². The highest BCUT2D eigenvalue weighted by Gasteiger charge is 2.08. The van der Waals surface area contributed by atoms with Crippen molar-refractivity contribution in [2.75, 3.05) is 11.9 Å². The fraction of sp³-hybridized carbons (Fsp3) is 0.222. The smallest absolute Gasteiger partial charge is 0.338 e. The minimum Gasteiger partial charge on any atom is -0.461 e. The van der Waals surface area contributed by atoms with Crippen molar-refractivity contribution in [1.29, 1.82) is 0 Å².